The van der Waals surface area contributed by atoms with Gasteiger partial charge in [0.1, 0.15) is 5.82 Å². The summed E-state index contributed by atoms with van der Waals surface area (Å²) in [5.41, 5.74) is 7.16. The third kappa shape index (κ3) is 3.02. The SMILES string of the molecule is CC1CCN(C(=O)c2cc(N)n3nc(-c4ccc(Br)o4)nc3c2)CC1. The lowest BCUT2D eigenvalue weighted by Crippen LogP contribution is -2.38. The van der Waals surface area contributed by atoms with Crippen molar-refractivity contribution in [3.8, 4) is 11.6 Å². The summed E-state index contributed by atoms with van der Waals surface area (Å²) in [6.07, 6.45) is 2.07. The van der Waals surface area contributed by atoms with Gasteiger partial charge in [0.05, 0.1) is 0 Å². The summed E-state index contributed by atoms with van der Waals surface area (Å²) in [5, 5.41) is 4.36. The lowest BCUT2D eigenvalue weighted by molar-refractivity contribution is 0.0697. The Bertz CT molecular complexity index is 940. The fourth-order valence-electron chi connectivity index (χ4n) is 3.07. The van der Waals surface area contributed by atoms with Gasteiger partial charge >= 0.3 is 0 Å². The number of hydrogen-bond acceptors (Lipinski definition) is 5. The molecule has 4 rings (SSSR count). The molecule has 0 aliphatic carbocycles. The number of amides is 1. The molecule has 7 nitrogen and oxygen atoms in total. The van der Waals surface area contributed by atoms with Crippen LogP contribution in [0.1, 0.15) is 30.1 Å². The predicted molar refractivity (Wildman–Crippen MR) is 97.1 cm³/mol. The first-order valence-corrected chi connectivity index (χ1v) is 9.02. The maximum atomic E-state index is 12.8. The Morgan fingerprint density at radius 2 is 2.08 bits per heavy atom. The number of aromatic nitrogens is 3. The van der Waals surface area contributed by atoms with Crippen LogP contribution in [0.2, 0.25) is 0 Å². The minimum Gasteiger partial charge on any atom is -0.446 e. The Hall–Kier alpha value is -2.35. The Morgan fingerprint density at radius 1 is 1.32 bits per heavy atom. The second kappa shape index (κ2) is 6.18. The quantitative estimate of drug-likeness (QED) is 0.709. The van der Waals surface area contributed by atoms with E-state index in [4.69, 9.17) is 10.2 Å². The molecule has 1 fully saturated rings. The highest BCUT2D eigenvalue weighted by Crippen LogP contribution is 2.25. The predicted octanol–water partition coefficient (Wildman–Crippen LogP) is 3.21. The van der Waals surface area contributed by atoms with Crippen LogP contribution in [0.5, 0.6) is 0 Å². The fraction of sp³-hybridized carbons (Fsp3) is 0.353. The van der Waals surface area contributed by atoms with Crippen molar-refractivity contribution in [3.05, 3.63) is 34.5 Å². The second-order valence-corrected chi connectivity index (χ2v) is 7.23. The van der Waals surface area contributed by atoms with Gasteiger partial charge in [-0.1, -0.05) is 6.92 Å². The molecular weight excluding hydrogens is 386 g/mol. The van der Waals surface area contributed by atoms with Crippen LogP contribution in [0, 0.1) is 5.92 Å². The third-order valence-corrected chi connectivity index (χ3v) is 5.00. The molecule has 25 heavy (non-hydrogen) atoms. The van der Waals surface area contributed by atoms with E-state index in [1.165, 1.54) is 4.52 Å². The van der Waals surface area contributed by atoms with E-state index in [0.717, 1.165) is 25.9 Å². The summed E-state index contributed by atoms with van der Waals surface area (Å²) in [4.78, 5) is 19.1. The Kier molecular flexibility index (Phi) is 3.99. The number of nitrogens with two attached hydrogens (primary N) is 1. The van der Waals surface area contributed by atoms with Crippen LogP contribution >= 0.6 is 15.9 Å². The molecule has 1 aliphatic heterocycles. The number of halogens is 1. The molecule has 2 N–H and O–H groups in total. The van der Waals surface area contributed by atoms with Gasteiger partial charge < -0.3 is 15.1 Å². The van der Waals surface area contributed by atoms with Crippen molar-refractivity contribution in [1.29, 1.82) is 0 Å². The molecule has 0 bridgehead atoms. The van der Waals surface area contributed by atoms with E-state index >= 15 is 0 Å². The average molecular weight is 404 g/mol. The standard InChI is InChI=1S/C17H18BrN5O2/c1-10-4-6-22(7-5-10)17(24)11-8-14(19)23-15(9-11)20-16(21-23)12-2-3-13(18)25-12/h2-3,8-10H,4-7,19H2,1H3. The summed E-state index contributed by atoms with van der Waals surface area (Å²) < 4.78 is 7.60. The van der Waals surface area contributed by atoms with Gasteiger partial charge in [0.15, 0.2) is 16.1 Å². The van der Waals surface area contributed by atoms with Crippen LogP contribution in [0.4, 0.5) is 5.82 Å². The number of pyridine rings is 1. The van der Waals surface area contributed by atoms with Crippen molar-refractivity contribution in [1.82, 2.24) is 19.5 Å². The Morgan fingerprint density at radius 3 is 2.76 bits per heavy atom. The minimum absolute atomic E-state index is 0.00797. The van der Waals surface area contributed by atoms with Crippen molar-refractivity contribution in [2.24, 2.45) is 5.92 Å². The van der Waals surface area contributed by atoms with Crippen LogP contribution < -0.4 is 5.73 Å². The van der Waals surface area contributed by atoms with Gasteiger partial charge in [-0.3, -0.25) is 4.79 Å². The highest BCUT2D eigenvalue weighted by Gasteiger charge is 2.23. The summed E-state index contributed by atoms with van der Waals surface area (Å²) in [5.74, 6) is 1.99. The number of carbonyl (C=O) groups is 1. The zero-order chi connectivity index (χ0) is 17.6. The number of fused-ring (bicyclic) bond motifs is 1. The zero-order valence-corrected chi connectivity index (χ0v) is 15.4. The van der Waals surface area contributed by atoms with Crippen LogP contribution in [-0.2, 0) is 0 Å². The van der Waals surface area contributed by atoms with E-state index in [9.17, 15) is 4.79 Å². The first kappa shape index (κ1) is 16.1. The van der Waals surface area contributed by atoms with E-state index in [-0.39, 0.29) is 5.91 Å². The van der Waals surface area contributed by atoms with Crippen molar-refractivity contribution in [2.75, 3.05) is 18.8 Å². The highest BCUT2D eigenvalue weighted by molar-refractivity contribution is 9.10. The van der Waals surface area contributed by atoms with Crippen molar-refractivity contribution in [3.63, 3.8) is 0 Å². The number of hydrogen-bond donors (Lipinski definition) is 1. The van der Waals surface area contributed by atoms with Gasteiger partial charge in [-0.15, -0.1) is 5.10 Å². The first-order chi connectivity index (χ1) is 12.0. The van der Waals surface area contributed by atoms with Crippen LogP contribution in [0.15, 0.2) is 33.4 Å². The van der Waals surface area contributed by atoms with Gasteiger partial charge in [0, 0.05) is 18.7 Å². The molecule has 0 aromatic carbocycles. The van der Waals surface area contributed by atoms with Gasteiger partial charge in [0.25, 0.3) is 5.91 Å². The van der Waals surface area contributed by atoms with Crippen molar-refractivity contribution < 1.29 is 9.21 Å². The van der Waals surface area contributed by atoms with E-state index in [1.807, 2.05) is 4.90 Å². The number of furan rings is 1. The fourth-order valence-corrected chi connectivity index (χ4v) is 3.37. The largest absolute Gasteiger partial charge is 0.446 e. The molecule has 8 heteroatoms. The number of carbonyl (C=O) groups excluding carboxylic acids is 1. The van der Waals surface area contributed by atoms with Crippen LogP contribution in [0.25, 0.3) is 17.2 Å². The molecule has 3 aromatic rings. The molecule has 1 saturated heterocycles. The maximum Gasteiger partial charge on any atom is 0.254 e. The molecule has 0 unspecified atom stereocenters. The van der Waals surface area contributed by atoms with E-state index in [1.54, 1.807) is 24.3 Å². The summed E-state index contributed by atoms with van der Waals surface area (Å²) >= 11 is 3.26. The smallest absolute Gasteiger partial charge is 0.254 e. The topological polar surface area (TPSA) is 89.7 Å². The van der Waals surface area contributed by atoms with Gasteiger partial charge in [0.2, 0.25) is 5.82 Å². The van der Waals surface area contributed by atoms with Gasteiger partial charge in [-0.2, -0.15) is 4.52 Å². The lowest BCUT2D eigenvalue weighted by atomic mass is 9.99. The number of nitrogen functional groups attached to an aromatic ring is 1. The molecule has 0 atom stereocenters. The van der Waals surface area contributed by atoms with E-state index in [0.29, 0.717) is 39.2 Å². The number of nitrogens with zero attached hydrogens (tertiary/aromatic N) is 4. The number of piperidine rings is 1. The minimum atomic E-state index is -0.00797. The highest BCUT2D eigenvalue weighted by atomic mass is 79.9. The molecule has 0 radical (unpaired) electrons. The van der Waals surface area contributed by atoms with E-state index < -0.39 is 0 Å². The molecule has 0 spiro atoms. The molecule has 3 aromatic heterocycles. The Labute approximate surface area is 152 Å². The van der Waals surface area contributed by atoms with Gasteiger partial charge in [-0.25, -0.2) is 4.98 Å². The lowest BCUT2D eigenvalue weighted by Gasteiger charge is -2.30. The average Bonchev–Trinajstić information content (AvgIpc) is 3.21. The summed E-state index contributed by atoms with van der Waals surface area (Å²) in [6, 6.07) is 6.93. The number of anilines is 1. The molecule has 0 saturated carbocycles. The van der Waals surface area contributed by atoms with E-state index in [2.05, 4.69) is 32.9 Å². The summed E-state index contributed by atoms with van der Waals surface area (Å²) in [6.45, 7) is 3.78. The first-order valence-electron chi connectivity index (χ1n) is 8.22. The molecule has 130 valence electrons. The molecule has 1 aliphatic rings. The van der Waals surface area contributed by atoms with Crippen LogP contribution in [0.3, 0.4) is 0 Å². The monoisotopic (exact) mass is 403 g/mol. The molecule has 1 amide bonds. The zero-order valence-electron chi connectivity index (χ0n) is 13.8. The number of likely N-dealkylation sites (tertiary alicyclic amines) is 1. The second-order valence-electron chi connectivity index (χ2n) is 6.45. The normalized spacial score (nSPS) is 15.8. The van der Waals surface area contributed by atoms with Crippen molar-refractivity contribution in [2.45, 2.75) is 19.8 Å². The third-order valence-electron chi connectivity index (χ3n) is 4.58. The Balaban J connectivity index is 1.68. The summed E-state index contributed by atoms with van der Waals surface area (Å²) in [7, 11) is 0. The molecular formula is C17H18BrN5O2. The van der Waals surface area contributed by atoms with Crippen LogP contribution in [-0.4, -0.2) is 38.5 Å². The maximum absolute atomic E-state index is 12.8. The van der Waals surface area contributed by atoms with Crippen molar-refractivity contribution >= 4 is 33.3 Å². The number of rotatable bonds is 2. The molecule has 4 heterocycles. The van der Waals surface area contributed by atoms with Gasteiger partial charge in [-0.05, 0) is 59.0 Å².